The summed E-state index contributed by atoms with van der Waals surface area (Å²) in [5, 5.41) is 0. The Morgan fingerprint density at radius 3 is 2.53 bits per heavy atom. The number of likely N-dealkylation sites (N-methyl/N-ethyl adjacent to an activating group) is 1. The fraction of sp³-hybridized carbons (Fsp3) is 0.267. The van der Waals surface area contributed by atoms with E-state index in [9.17, 15) is 4.79 Å². The van der Waals surface area contributed by atoms with Gasteiger partial charge < -0.3 is 0 Å². The van der Waals surface area contributed by atoms with E-state index in [1.807, 2.05) is 18.2 Å². The number of nitrogens with zero attached hydrogens (tertiary/aromatic N) is 1. The highest BCUT2D eigenvalue weighted by molar-refractivity contribution is 7.18. The summed E-state index contributed by atoms with van der Waals surface area (Å²) >= 11 is 7.20. The van der Waals surface area contributed by atoms with Crippen molar-refractivity contribution in [1.29, 1.82) is 0 Å². The van der Waals surface area contributed by atoms with Gasteiger partial charge in [-0.05, 0) is 24.2 Å². The second-order valence-corrected chi connectivity index (χ2v) is 6.03. The summed E-state index contributed by atoms with van der Waals surface area (Å²) in [5.74, 6) is 0.134. The molecular weight excluding hydrogens is 278 g/mol. The smallest absolute Gasteiger partial charge is 0.186 e. The lowest BCUT2D eigenvalue weighted by molar-refractivity contribution is 0.0933. The molecule has 0 aliphatic rings. The van der Waals surface area contributed by atoms with E-state index in [-0.39, 0.29) is 5.78 Å². The molecule has 1 heterocycles. The van der Waals surface area contributed by atoms with Crippen LogP contribution in [0.2, 0.25) is 4.34 Å². The van der Waals surface area contributed by atoms with E-state index in [4.69, 9.17) is 11.6 Å². The highest BCUT2D eigenvalue weighted by Crippen LogP contribution is 2.22. The zero-order valence-electron chi connectivity index (χ0n) is 10.8. The van der Waals surface area contributed by atoms with Gasteiger partial charge in [-0.1, -0.05) is 48.9 Å². The zero-order valence-corrected chi connectivity index (χ0v) is 12.4. The molecule has 4 heteroatoms. The molecule has 0 bridgehead atoms. The van der Waals surface area contributed by atoms with E-state index in [0.717, 1.165) is 18.0 Å². The van der Waals surface area contributed by atoms with Gasteiger partial charge in [0.05, 0.1) is 15.8 Å². The number of thiophene rings is 1. The second kappa shape index (κ2) is 6.85. The molecular formula is C15H16ClNOS. The minimum atomic E-state index is 0.134. The average Bonchev–Trinajstić information content (AvgIpc) is 2.86. The Kier molecular flexibility index (Phi) is 5.14. The van der Waals surface area contributed by atoms with Crippen LogP contribution in [0.15, 0.2) is 42.5 Å². The Hall–Kier alpha value is -1.16. The van der Waals surface area contributed by atoms with Crippen molar-refractivity contribution in [1.82, 2.24) is 4.90 Å². The topological polar surface area (TPSA) is 20.3 Å². The van der Waals surface area contributed by atoms with Crippen molar-refractivity contribution in [3.8, 4) is 0 Å². The molecule has 2 rings (SSSR count). The zero-order chi connectivity index (χ0) is 13.7. The van der Waals surface area contributed by atoms with Gasteiger partial charge in [0.15, 0.2) is 5.78 Å². The number of hydrogen-bond donors (Lipinski definition) is 0. The molecule has 0 atom stereocenters. The summed E-state index contributed by atoms with van der Waals surface area (Å²) in [6, 6.07) is 13.8. The number of carbonyl (C=O) groups is 1. The van der Waals surface area contributed by atoms with Crippen LogP contribution in [0.3, 0.4) is 0 Å². The summed E-state index contributed by atoms with van der Waals surface area (Å²) in [7, 11) is 0. The average molecular weight is 294 g/mol. The Balaban J connectivity index is 1.97. The third-order valence-electron chi connectivity index (χ3n) is 2.91. The van der Waals surface area contributed by atoms with Crippen molar-refractivity contribution in [2.24, 2.45) is 0 Å². The van der Waals surface area contributed by atoms with Crippen LogP contribution in [0, 0.1) is 0 Å². The lowest BCUT2D eigenvalue weighted by atomic mass is 10.2. The molecule has 1 aromatic carbocycles. The number of benzene rings is 1. The minimum Gasteiger partial charge on any atom is -0.292 e. The van der Waals surface area contributed by atoms with E-state index in [0.29, 0.717) is 10.9 Å². The summed E-state index contributed by atoms with van der Waals surface area (Å²) < 4.78 is 0.662. The normalized spacial score (nSPS) is 10.9. The Bertz CT molecular complexity index is 538. The van der Waals surface area contributed by atoms with Gasteiger partial charge in [0.2, 0.25) is 0 Å². The van der Waals surface area contributed by atoms with Crippen molar-refractivity contribution < 1.29 is 4.79 Å². The van der Waals surface area contributed by atoms with Crippen molar-refractivity contribution in [2.45, 2.75) is 13.5 Å². The maximum Gasteiger partial charge on any atom is 0.186 e. The lowest BCUT2D eigenvalue weighted by Gasteiger charge is -2.19. The second-order valence-electron chi connectivity index (χ2n) is 4.32. The highest BCUT2D eigenvalue weighted by atomic mass is 35.5. The van der Waals surface area contributed by atoms with Crippen molar-refractivity contribution in [3.05, 3.63) is 57.2 Å². The lowest BCUT2D eigenvalue weighted by Crippen LogP contribution is -2.29. The third kappa shape index (κ3) is 4.16. The Morgan fingerprint density at radius 2 is 1.95 bits per heavy atom. The summed E-state index contributed by atoms with van der Waals surface area (Å²) in [6.07, 6.45) is 0. The first-order valence-corrected chi connectivity index (χ1v) is 7.43. The van der Waals surface area contributed by atoms with Crippen molar-refractivity contribution in [3.63, 3.8) is 0 Å². The first-order valence-electron chi connectivity index (χ1n) is 6.24. The maximum atomic E-state index is 12.1. The van der Waals surface area contributed by atoms with Gasteiger partial charge in [-0.3, -0.25) is 9.69 Å². The van der Waals surface area contributed by atoms with Gasteiger partial charge >= 0.3 is 0 Å². The molecule has 0 amide bonds. The highest BCUT2D eigenvalue weighted by Gasteiger charge is 2.13. The molecule has 1 aromatic heterocycles. The number of halogens is 1. The molecule has 19 heavy (non-hydrogen) atoms. The van der Waals surface area contributed by atoms with E-state index in [2.05, 4.69) is 24.0 Å². The standard InChI is InChI=1S/C15H16ClNOS/c1-2-17(10-12-6-4-3-5-7-12)11-13(18)14-8-9-15(16)19-14/h3-9H,2,10-11H2,1H3. The van der Waals surface area contributed by atoms with E-state index in [1.165, 1.54) is 16.9 Å². The van der Waals surface area contributed by atoms with Gasteiger partial charge in [-0.2, -0.15) is 0 Å². The molecule has 2 aromatic rings. The van der Waals surface area contributed by atoms with E-state index >= 15 is 0 Å². The molecule has 0 N–H and O–H groups in total. The van der Waals surface area contributed by atoms with Crippen LogP contribution in [0.25, 0.3) is 0 Å². The van der Waals surface area contributed by atoms with E-state index < -0.39 is 0 Å². The summed E-state index contributed by atoms with van der Waals surface area (Å²) in [6.45, 7) is 4.14. The summed E-state index contributed by atoms with van der Waals surface area (Å²) in [5.41, 5.74) is 1.22. The molecule has 0 unspecified atom stereocenters. The molecule has 0 fully saturated rings. The molecule has 0 aliphatic heterocycles. The summed E-state index contributed by atoms with van der Waals surface area (Å²) in [4.78, 5) is 15.0. The SMILES string of the molecule is CCN(CC(=O)c1ccc(Cl)s1)Cc1ccccc1. The first-order chi connectivity index (χ1) is 9.19. The molecule has 0 radical (unpaired) electrons. The number of ketones is 1. The predicted octanol–water partition coefficient (Wildman–Crippen LogP) is 4.11. The fourth-order valence-electron chi connectivity index (χ4n) is 1.87. The molecule has 0 spiro atoms. The van der Waals surface area contributed by atoms with Gasteiger partial charge in [-0.15, -0.1) is 11.3 Å². The van der Waals surface area contributed by atoms with Crippen LogP contribution in [-0.4, -0.2) is 23.8 Å². The Labute approximate surface area is 122 Å². The predicted molar refractivity (Wildman–Crippen MR) is 81.1 cm³/mol. The van der Waals surface area contributed by atoms with Crippen LogP contribution >= 0.6 is 22.9 Å². The first kappa shape index (κ1) is 14.3. The third-order valence-corrected chi connectivity index (χ3v) is 4.18. The van der Waals surface area contributed by atoms with Crippen LogP contribution < -0.4 is 0 Å². The molecule has 0 saturated heterocycles. The fourth-order valence-corrected chi connectivity index (χ4v) is 2.84. The number of rotatable bonds is 6. The number of carbonyl (C=O) groups excluding carboxylic acids is 1. The van der Waals surface area contributed by atoms with Crippen molar-refractivity contribution >= 4 is 28.7 Å². The number of Topliss-reactive ketones (excluding diaryl/α,β-unsaturated/α-hetero) is 1. The monoisotopic (exact) mass is 293 g/mol. The van der Waals surface area contributed by atoms with Gasteiger partial charge in [0.1, 0.15) is 0 Å². The minimum absolute atomic E-state index is 0.134. The van der Waals surface area contributed by atoms with Gasteiger partial charge in [0, 0.05) is 6.54 Å². The molecule has 0 saturated carbocycles. The van der Waals surface area contributed by atoms with Crippen LogP contribution in [-0.2, 0) is 6.54 Å². The molecule has 0 aliphatic carbocycles. The maximum absolute atomic E-state index is 12.1. The van der Waals surface area contributed by atoms with Crippen LogP contribution in [0.1, 0.15) is 22.2 Å². The Morgan fingerprint density at radius 1 is 1.21 bits per heavy atom. The van der Waals surface area contributed by atoms with Gasteiger partial charge in [0.25, 0.3) is 0 Å². The molecule has 100 valence electrons. The van der Waals surface area contributed by atoms with Gasteiger partial charge in [-0.25, -0.2) is 0 Å². The number of hydrogen-bond acceptors (Lipinski definition) is 3. The largest absolute Gasteiger partial charge is 0.292 e. The van der Waals surface area contributed by atoms with Crippen molar-refractivity contribution in [2.75, 3.05) is 13.1 Å². The van der Waals surface area contributed by atoms with Crippen LogP contribution in [0.4, 0.5) is 0 Å². The molecule has 2 nitrogen and oxygen atoms in total. The van der Waals surface area contributed by atoms with Crippen LogP contribution in [0.5, 0.6) is 0 Å². The van der Waals surface area contributed by atoms with E-state index in [1.54, 1.807) is 12.1 Å². The quantitative estimate of drug-likeness (QED) is 0.747.